The number of carboxylic acids is 1. The summed E-state index contributed by atoms with van der Waals surface area (Å²) in [6, 6.07) is 13.7. The van der Waals surface area contributed by atoms with E-state index in [4.69, 9.17) is 5.11 Å². The lowest BCUT2D eigenvalue weighted by molar-refractivity contribution is -0.137. The molecule has 1 aliphatic rings. The van der Waals surface area contributed by atoms with Crippen LogP contribution in [-0.4, -0.2) is 45.4 Å². The highest BCUT2D eigenvalue weighted by Crippen LogP contribution is 2.31. The van der Waals surface area contributed by atoms with E-state index in [0.29, 0.717) is 23.7 Å². The van der Waals surface area contributed by atoms with Crippen LogP contribution in [0.3, 0.4) is 0 Å². The van der Waals surface area contributed by atoms with Crippen molar-refractivity contribution in [3.63, 3.8) is 0 Å². The predicted molar refractivity (Wildman–Crippen MR) is 133 cm³/mol. The summed E-state index contributed by atoms with van der Waals surface area (Å²) in [6.45, 7) is 4.43. The van der Waals surface area contributed by atoms with Crippen molar-refractivity contribution < 1.29 is 19.5 Å². The number of imide groups is 1. The molecule has 34 heavy (non-hydrogen) atoms. The van der Waals surface area contributed by atoms with Gasteiger partial charge >= 0.3 is 5.97 Å². The minimum atomic E-state index is -1.05. The first-order valence-corrected chi connectivity index (χ1v) is 11.4. The molecule has 4 rings (SSSR count). The average molecular weight is 460 g/mol. The molecule has 3 aromatic rings. The van der Waals surface area contributed by atoms with E-state index in [1.165, 1.54) is 0 Å². The van der Waals surface area contributed by atoms with Gasteiger partial charge in [-0.3, -0.25) is 19.3 Å². The number of allylic oxidation sites excluding steroid dienone is 1. The number of carboxylic acid groups (broad SMARTS) is 1. The lowest BCUT2D eigenvalue weighted by atomic mass is 10.0. The summed E-state index contributed by atoms with van der Waals surface area (Å²) in [4.78, 5) is 40.7. The minimum Gasteiger partial charge on any atom is -0.481 e. The van der Waals surface area contributed by atoms with Gasteiger partial charge in [0, 0.05) is 37.2 Å². The van der Waals surface area contributed by atoms with Gasteiger partial charge in [0.1, 0.15) is 0 Å². The van der Waals surface area contributed by atoms with E-state index >= 15 is 0 Å². The molecule has 2 aromatic carbocycles. The van der Waals surface area contributed by atoms with E-state index in [9.17, 15) is 14.4 Å². The third kappa shape index (κ3) is 4.73. The standard InChI is InChI=1S/C27H29N3O4/c1-18(2)8-9-19-10-11-24-22(14-19)27(34)30(13-12-26(32)33)25(31)17-29(24)16-20-15-28(3)23-7-5-4-6-21(20)23/h4-11,14-15,18H,12-13,16-17H2,1-3H3,(H,32,33). The fraction of sp³-hybridized carbons (Fsp3) is 0.296. The predicted octanol–water partition coefficient (Wildman–Crippen LogP) is 4.31. The summed E-state index contributed by atoms with van der Waals surface area (Å²) in [5.74, 6) is -1.55. The van der Waals surface area contributed by atoms with Crippen LogP contribution in [0.5, 0.6) is 0 Å². The molecule has 2 heterocycles. The maximum atomic E-state index is 13.4. The van der Waals surface area contributed by atoms with Gasteiger partial charge in [-0.2, -0.15) is 0 Å². The number of aliphatic carboxylic acids is 1. The van der Waals surface area contributed by atoms with Gasteiger partial charge in [-0.1, -0.05) is 50.3 Å². The van der Waals surface area contributed by atoms with Gasteiger partial charge in [-0.15, -0.1) is 0 Å². The van der Waals surface area contributed by atoms with E-state index in [1.807, 2.05) is 60.6 Å². The number of aryl methyl sites for hydroxylation is 1. The molecule has 0 unspecified atom stereocenters. The number of hydrogen-bond donors (Lipinski definition) is 1. The van der Waals surface area contributed by atoms with Gasteiger partial charge in [0.05, 0.1) is 24.2 Å². The summed E-state index contributed by atoms with van der Waals surface area (Å²) in [7, 11) is 1.98. The van der Waals surface area contributed by atoms with Crippen LogP contribution >= 0.6 is 0 Å². The molecule has 7 heteroatoms. The summed E-state index contributed by atoms with van der Waals surface area (Å²) in [5.41, 5.74) is 4.07. The number of fused-ring (bicyclic) bond motifs is 2. The molecule has 0 spiro atoms. The van der Waals surface area contributed by atoms with Crippen molar-refractivity contribution in [2.45, 2.75) is 26.8 Å². The Morgan fingerprint density at radius 3 is 2.65 bits per heavy atom. The highest BCUT2D eigenvalue weighted by atomic mass is 16.4. The second kappa shape index (κ2) is 9.55. The van der Waals surface area contributed by atoms with Crippen molar-refractivity contribution >= 4 is 40.4 Å². The average Bonchev–Trinajstić information content (AvgIpc) is 3.07. The summed E-state index contributed by atoms with van der Waals surface area (Å²) in [6.07, 6.45) is 5.76. The zero-order valence-corrected chi connectivity index (χ0v) is 19.7. The molecule has 1 N–H and O–H groups in total. The number of anilines is 1. The highest BCUT2D eigenvalue weighted by Gasteiger charge is 2.32. The van der Waals surface area contributed by atoms with Crippen molar-refractivity contribution in [3.05, 3.63) is 71.4 Å². The first-order valence-electron chi connectivity index (χ1n) is 11.4. The number of hydrogen-bond acceptors (Lipinski definition) is 4. The Hall–Kier alpha value is -3.87. The molecule has 0 aliphatic carbocycles. The zero-order chi connectivity index (χ0) is 24.4. The smallest absolute Gasteiger partial charge is 0.305 e. The van der Waals surface area contributed by atoms with Crippen LogP contribution in [0.15, 0.2) is 54.7 Å². The Balaban J connectivity index is 1.77. The molecule has 0 bridgehead atoms. The molecule has 0 saturated carbocycles. The van der Waals surface area contributed by atoms with Gasteiger partial charge in [0.2, 0.25) is 5.91 Å². The van der Waals surface area contributed by atoms with Gasteiger partial charge < -0.3 is 14.6 Å². The zero-order valence-electron chi connectivity index (χ0n) is 19.7. The molecule has 7 nitrogen and oxygen atoms in total. The number of nitrogens with zero attached hydrogens (tertiary/aromatic N) is 3. The van der Waals surface area contributed by atoms with Crippen LogP contribution in [0, 0.1) is 5.92 Å². The summed E-state index contributed by atoms with van der Waals surface area (Å²) < 4.78 is 2.05. The summed E-state index contributed by atoms with van der Waals surface area (Å²) in [5, 5.41) is 10.2. The number of aromatic nitrogens is 1. The Morgan fingerprint density at radius 1 is 1.15 bits per heavy atom. The van der Waals surface area contributed by atoms with Gasteiger partial charge in [0.15, 0.2) is 0 Å². The summed E-state index contributed by atoms with van der Waals surface area (Å²) >= 11 is 0. The second-order valence-electron chi connectivity index (χ2n) is 9.01. The van der Waals surface area contributed by atoms with Crippen LogP contribution in [0.1, 0.15) is 41.8 Å². The second-order valence-corrected chi connectivity index (χ2v) is 9.01. The maximum Gasteiger partial charge on any atom is 0.305 e. The van der Waals surface area contributed by atoms with Gasteiger partial charge in [0.25, 0.3) is 5.91 Å². The van der Waals surface area contributed by atoms with Crippen molar-refractivity contribution in [3.8, 4) is 0 Å². The highest BCUT2D eigenvalue weighted by molar-refractivity contribution is 6.11. The molecule has 1 aromatic heterocycles. The maximum absolute atomic E-state index is 13.4. The van der Waals surface area contributed by atoms with Gasteiger partial charge in [-0.25, -0.2) is 0 Å². The quantitative estimate of drug-likeness (QED) is 0.533. The van der Waals surface area contributed by atoms with E-state index < -0.39 is 17.8 Å². The number of carbonyl (C=O) groups is 3. The van der Waals surface area contributed by atoms with E-state index in [0.717, 1.165) is 26.9 Å². The lowest BCUT2D eigenvalue weighted by Gasteiger charge is -2.23. The number of carbonyl (C=O) groups excluding carboxylic acids is 2. The molecule has 176 valence electrons. The van der Waals surface area contributed by atoms with Crippen molar-refractivity contribution in [2.24, 2.45) is 13.0 Å². The Bertz CT molecular complexity index is 1290. The molecule has 2 amide bonds. The van der Waals surface area contributed by atoms with Crippen molar-refractivity contribution in [1.29, 1.82) is 0 Å². The molecular formula is C27H29N3O4. The molecular weight excluding hydrogens is 430 g/mol. The first-order chi connectivity index (χ1) is 16.2. The largest absolute Gasteiger partial charge is 0.481 e. The number of rotatable bonds is 7. The number of amides is 2. The Morgan fingerprint density at radius 2 is 1.91 bits per heavy atom. The van der Waals surface area contributed by atoms with E-state index in [-0.39, 0.29) is 19.5 Å². The van der Waals surface area contributed by atoms with Crippen molar-refractivity contribution in [1.82, 2.24) is 9.47 Å². The topological polar surface area (TPSA) is 82.8 Å². The first kappa shape index (κ1) is 23.3. The van der Waals surface area contributed by atoms with Crippen LogP contribution in [0.2, 0.25) is 0 Å². The molecule has 0 fully saturated rings. The van der Waals surface area contributed by atoms with Crippen LogP contribution < -0.4 is 4.90 Å². The molecule has 1 aliphatic heterocycles. The van der Waals surface area contributed by atoms with Crippen LogP contribution in [-0.2, 0) is 23.2 Å². The molecule has 0 saturated heterocycles. The molecule has 0 radical (unpaired) electrons. The lowest BCUT2D eigenvalue weighted by Crippen LogP contribution is -2.41. The fourth-order valence-corrected chi connectivity index (χ4v) is 4.33. The SMILES string of the molecule is CC(C)C=Cc1ccc2c(c1)C(=O)N(CCC(=O)O)C(=O)CN2Cc1cn(C)c2ccccc12. The van der Waals surface area contributed by atoms with Crippen molar-refractivity contribution in [2.75, 3.05) is 18.0 Å². The normalized spacial score (nSPS) is 14.4. The third-order valence-electron chi connectivity index (χ3n) is 6.03. The number of para-hydroxylation sites is 1. The number of benzene rings is 2. The van der Waals surface area contributed by atoms with Crippen LogP contribution in [0.4, 0.5) is 5.69 Å². The Kier molecular flexibility index (Phi) is 6.54. The minimum absolute atomic E-state index is 0.0112. The van der Waals surface area contributed by atoms with E-state index in [1.54, 1.807) is 6.07 Å². The van der Waals surface area contributed by atoms with E-state index in [2.05, 4.69) is 24.5 Å². The van der Waals surface area contributed by atoms with Gasteiger partial charge in [-0.05, 0) is 35.2 Å². The fourth-order valence-electron chi connectivity index (χ4n) is 4.33. The van der Waals surface area contributed by atoms with Crippen LogP contribution in [0.25, 0.3) is 17.0 Å². The molecule has 0 atom stereocenters. The third-order valence-corrected chi connectivity index (χ3v) is 6.03. The Labute approximate surface area is 198 Å². The monoisotopic (exact) mass is 459 g/mol.